The summed E-state index contributed by atoms with van der Waals surface area (Å²) < 4.78 is 10.6. The van der Waals surface area contributed by atoms with E-state index in [4.69, 9.17) is 9.26 Å². The van der Waals surface area contributed by atoms with Gasteiger partial charge in [0.2, 0.25) is 11.8 Å². The number of hydrogen-bond acceptors (Lipinski definition) is 5. The molecule has 1 amide bonds. The minimum atomic E-state index is 0.0906. The zero-order valence-corrected chi connectivity index (χ0v) is 13.0. The number of nitrogens with zero attached hydrogens (tertiary/aromatic N) is 3. The van der Waals surface area contributed by atoms with Crippen LogP contribution in [0.3, 0.4) is 0 Å². The molecule has 0 radical (unpaired) electrons. The van der Waals surface area contributed by atoms with Gasteiger partial charge < -0.3 is 14.2 Å². The second-order valence-electron chi connectivity index (χ2n) is 5.07. The molecule has 1 aromatic carbocycles. The van der Waals surface area contributed by atoms with E-state index >= 15 is 0 Å². The number of hydrogen-bond donors (Lipinski definition) is 0. The normalized spacial score (nSPS) is 10.5. The molecule has 2 rings (SSSR count). The highest BCUT2D eigenvalue weighted by Gasteiger charge is 2.10. The first kappa shape index (κ1) is 16.0. The Balaban J connectivity index is 1.62. The van der Waals surface area contributed by atoms with Gasteiger partial charge in [-0.1, -0.05) is 23.4 Å². The second kappa shape index (κ2) is 8.17. The Labute approximate surface area is 130 Å². The molecule has 0 bridgehead atoms. The predicted molar refractivity (Wildman–Crippen MR) is 81.5 cm³/mol. The number of benzene rings is 1. The molecule has 0 aliphatic rings. The van der Waals surface area contributed by atoms with Crippen molar-refractivity contribution in [1.29, 1.82) is 0 Å². The van der Waals surface area contributed by atoms with Gasteiger partial charge in [-0.2, -0.15) is 4.98 Å². The Morgan fingerprint density at radius 2 is 2.09 bits per heavy atom. The summed E-state index contributed by atoms with van der Waals surface area (Å²) in [6, 6.07) is 9.57. The molecule has 6 nitrogen and oxygen atoms in total. The highest BCUT2D eigenvalue weighted by Crippen LogP contribution is 2.08. The van der Waals surface area contributed by atoms with Crippen LogP contribution in [0.5, 0.6) is 5.75 Å². The smallest absolute Gasteiger partial charge is 0.226 e. The molecular formula is C16H21N3O3. The van der Waals surface area contributed by atoms with Crippen LogP contribution in [0.25, 0.3) is 0 Å². The van der Waals surface area contributed by atoms with Gasteiger partial charge in [-0.25, -0.2) is 0 Å². The summed E-state index contributed by atoms with van der Waals surface area (Å²) in [5.74, 6) is 2.11. The van der Waals surface area contributed by atoms with Crippen molar-refractivity contribution in [2.24, 2.45) is 0 Å². The zero-order chi connectivity index (χ0) is 15.8. The van der Waals surface area contributed by atoms with Crippen molar-refractivity contribution in [2.75, 3.05) is 20.2 Å². The SMILES string of the molecule is Cc1noc(CCCC(=O)N(C)CCOc2ccccc2)n1. The molecule has 0 fully saturated rings. The van der Waals surface area contributed by atoms with Crippen molar-refractivity contribution in [3.05, 3.63) is 42.0 Å². The fourth-order valence-electron chi connectivity index (χ4n) is 1.97. The number of ether oxygens (including phenoxy) is 1. The predicted octanol–water partition coefficient (Wildman–Crippen LogP) is 2.24. The Hall–Kier alpha value is -2.37. The van der Waals surface area contributed by atoms with E-state index in [-0.39, 0.29) is 5.91 Å². The molecule has 0 atom stereocenters. The lowest BCUT2D eigenvalue weighted by Crippen LogP contribution is -2.30. The van der Waals surface area contributed by atoms with E-state index in [2.05, 4.69) is 10.1 Å². The fraction of sp³-hybridized carbons (Fsp3) is 0.438. The minimum absolute atomic E-state index is 0.0906. The van der Waals surface area contributed by atoms with E-state index < -0.39 is 0 Å². The summed E-state index contributed by atoms with van der Waals surface area (Å²) in [4.78, 5) is 17.8. The summed E-state index contributed by atoms with van der Waals surface area (Å²) in [6.07, 6.45) is 1.79. The van der Waals surface area contributed by atoms with Gasteiger partial charge in [0.05, 0.1) is 6.54 Å². The minimum Gasteiger partial charge on any atom is -0.492 e. The van der Waals surface area contributed by atoms with E-state index in [0.29, 0.717) is 44.1 Å². The van der Waals surface area contributed by atoms with Crippen LogP contribution in [0, 0.1) is 6.92 Å². The maximum Gasteiger partial charge on any atom is 0.226 e. The summed E-state index contributed by atoms with van der Waals surface area (Å²) in [5.41, 5.74) is 0. The van der Waals surface area contributed by atoms with Gasteiger partial charge in [0.1, 0.15) is 12.4 Å². The van der Waals surface area contributed by atoms with Crippen LogP contribution in [-0.2, 0) is 11.2 Å². The second-order valence-corrected chi connectivity index (χ2v) is 5.07. The maximum atomic E-state index is 12.0. The molecule has 0 saturated heterocycles. The third kappa shape index (κ3) is 5.20. The van der Waals surface area contributed by atoms with Crippen LogP contribution in [0.4, 0.5) is 0 Å². The first-order valence-corrected chi connectivity index (χ1v) is 7.36. The van der Waals surface area contributed by atoms with Crippen LogP contribution in [0.1, 0.15) is 24.6 Å². The topological polar surface area (TPSA) is 68.5 Å². The summed E-state index contributed by atoms with van der Waals surface area (Å²) >= 11 is 0. The Kier molecular flexibility index (Phi) is 5.94. The van der Waals surface area contributed by atoms with Gasteiger partial charge >= 0.3 is 0 Å². The lowest BCUT2D eigenvalue weighted by Gasteiger charge is -2.17. The van der Waals surface area contributed by atoms with E-state index in [1.165, 1.54) is 0 Å². The molecule has 22 heavy (non-hydrogen) atoms. The lowest BCUT2D eigenvalue weighted by atomic mass is 10.2. The number of amides is 1. The van der Waals surface area contributed by atoms with Crippen LogP contribution in [-0.4, -0.2) is 41.1 Å². The number of carbonyl (C=O) groups excluding carboxylic acids is 1. The number of likely N-dealkylation sites (N-methyl/N-ethyl adjacent to an activating group) is 1. The highest BCUT2D eigenvalue weighted by molar-refractivity contribution is 5.75. The fourth-order valence-corrected chi connectivity index (χ4v) is 1.97. The first-order valence-electron chi connectivity index (χ1n) is 7.36. The molecule has 0 saturated carbocycles. The van der Waals surface area contributed by atoms with Crippen LogP contribution >= 0.6 is 0 Å². The molecule has 0 aliphatic heterocycles. The van der Waals surface area contributed by atoms with E-state index in [1.807, 2.05) is 30.3 Å². The highest BCUT2D eigenvalue weighted by atomic mass is 16.5. The van der Waals surface area contributed by atoms with E-state index in [0.717, 1.165) is 5.75 Å². The molecule has 2 aromatic rings. The van der Waals surface area contributed by atoms with Gasteiger partial charge in [-0.15, -0.1) is 0 Å². The monoisotopic (exact) mass is 303 g/mol. The van der Waals surface area contributed by atoms with Crippen molar-refractivity contribution in [3.8, 4) is 5.75 Å². The first-order chi connectivity index (χ1) is 10.6. The van der Waals surface area contributed by atoms with Crippen molar-refractivity contribution in [3.63, 3.8) is 0 Å². The molecule has 0 unspecified atom stereocenters. The quantitative estimate of drug-likeness (QED) is 0.748. The van der Waals surface area contributed by atoms with Crippen LogP contribution < -0.4 is 4.74 Å². The van der Waals surface area contributed by atoms with Gasteiger partial charge in [0.25, 0.3) is 0 Å². The third-order valence-corrected chi connectivity index (χ3v) is 3.22. The average molecular weight is 303 g/mol. The number of aromatic nitrogens is 2. The Morgan fingerprint density at radius 3 is 2.77 bits per heavy atom. The molecule has 6 heteroatoms. The van der Waals surface area contributed by atoms with Crippen LogP contribution in [0.15, 0.2) is 34.9 Å². The average Bonchev–Trinajstić information content (AvgIpc) is 2.93. The number of rotatable bonds is 8. The van der Waals surface area contributed by atoms with Gasteiger partial charge in [-0.3, -0.25) is 4.79 Å². The van der Waals surface area contributed by atoms with E-state index in [9.17, 15) is 4.79 Å². The maximum absolute atomic E-state index is 12.0. The Bertz CT molecular complexity index is 583. The number of carbonyl (C=O) groups is 1. The molecule has 0 N–H and O–H groups in total. The van der Waals surface area contributed by atoms with Gasteiger partial charge in [-0.05, 0) is 25.5 Å². The zero-order valence-electron chi connectivity index (χ0n) is 13.0. The molecule has 0 spiro atoms. The van der Waals surface area contributed by atoms with Crippen molar-refractivity contribution in [2.45, 2.75) is 26.2 Å². The van der Waals surface area contributed by atoms with Crippen LogP contribution in [0.2, 0.25) is 0 Å². The number of para-hydroxylation sites is 1. The van der Waals surface area contributed by atoms with Gasteiger partial charge in [0.15, 0.2) is 5.82 Å². The molecule has 1 heterocycles. The number of aryl methyl sites for hydroxylation is 2. The summed E-state index contributed by atoms with van der Waals surface area (Å²) in [5, 5.41) is 3.72. The molecular weight excluding hydrogens is 282 g/mol. The standard InChI is InChI=1S/C16H21N3O3/c1-13-17-15(22-18-13)9-6-10-16(20)19(2)11-12-21-14-7-4-3-5-8-14/h3-5,7-8H,6,9-12H2,1-2H3. The Morgan fingerprint density at radius 1 is 1.32 bits per heavy atom. The molecule has 118 valence electrons. The van der Waals surface area contributed by atoms with E-state index in [1.54, 1.807) is 18.9 Å². The van der Waals surface area contributed by atoms with Crippen molar-refractivity contribution < 1.29 is 14.1 Å². The third-order valence-electron chi connectivity index (χ3n) is 3.22. The lowest BCUT2D eigenvalue weighted by molar-refractivity contribution is -0.130. The summed E-state index contributed by atoms with van der Waals surface area (Å²) in [6.45, 7) is 2.82. The van der Waals surface area contributed by atoms with Gasteiger partial charge in [0, 0.05) is 19.9 Å². The van der Waals surface area contributed by atoms with Crippen molar-refractivity contribution >= 4 is 5.91 Å². The molecule has 1 aromatic heterocycles. The largest absolute Gasteiger partial charge is 0.492 e. The molecule has 0 aliphatic carbocycles. The summed E-state index contributed by atoms with van der Waals surface area (Å²) in [7, 11) is 1.79. The van der Waals surface area contributed by atoms with Crippen molar-refractivity contribution in [1.82, 2.24) is 15.0 Å².